The average Bonchev–Trinajstić information content (AvgIpc) is 2.45. The minimum absolute atomic E-state index is 0.462. The van der Waals surface area contributed by atoms with Gasteiger partial charge in [-0.05, 0) is 44.0 Å². The maximum atomic E-state index is 9.16. The van der Waals surface area contributed by atoms with Gasteiger partial charge in [0.2, 0.25) is 0 Å². The minimum Gasteiger partial charge on any atom is -0.494 e. The Kier molecular flexibility index (Phi) is 7.06. The molecular formula is C16H24N2O2. The Bertz CT molecular complexity index is 442. The molecule has 0 fully saturated rings. The van der Waals surface area contributed by atoms with Crippen LogP contribution in [-0.4, -0.2) is 25.8 Å². The smallest absolute Gasteiger partial charge is 0.119 e. The van der Waals surface area contributed by atoms with Gasteiger partial charge in [0.15, 0.2) is 0 Å². The SMILES string of the molecule is CCNC(C)(C#N)CCCOc1cccc(COC)c1. The molecule has 1 rings (SSSR count). The lowest BCUT2D eigenvalue weighted by Gasteiger charge is -2.22. The average molecular weight is 276 g/mol. The van der Waals surface area contributed by atoms with E-state index in [-0.39, 0.29) is 0 Å². The molecule has 4 heteroatoms. The van der Waals surface area contributed by atoms with Crippen molar-refractivity contribution in [1.82, 2.24) is 5.32 Å². The van der Waals surface area contributed by atoms with Crippen LogP contribution in [0.25, 0.3) is 0 Å². The summed E-state index contributed by atoms with van der Waals surface area (Å²) in [6.45, 7) is 5.93. The normalized spacial score (nSPS) is 13.5. The Morgan fingerprint density at radius 1 is 1.40 bits per heavy atom. The van der Waals surface area contributed by atoms with Gasteiger partial charge in [-0.25, -0.2) is 0 Å². The molecule has 1 unspecified atom stereocenters. The summed E-state index contributed by atoms with van der Waals surface area (Å²) < 4.78 is 10.8. The number of hydrogen-bond acceptors (Lipinski definition) is 4. The summed E-state index contributed by atoms with van der Waals surface area (Å²) in [6.07, 6.45) is 1.61. The van der Waals surface area contributed by atoms with Gasteiger partial charge in [-0.2, -0.15) is 5.26 Å². The van der Waals surface area contributed by atoms with Gasteiger partial charge in [-0.3, -0.25) is 5.32 Å². The molecule has 4 nitrogen and oxygen atoms in total. The van der Waals surface area contributed by atoms with E-state index >= 15 is 0 Å². The van der Waals surface area contributed by atoms with Crippen LogP contribution in [0.3, 0.4) is 0 Å². The third-order valence-electron chi connectivity index (χ3n) is 3.11. The fourth-order valence-electron chi connectivity index (χ4n) is 2.08. The Morgan fingerprint density at radius 2 is 2.20 bits per heavy atom. The zero-order valence-corrected chi connectivity index (χ0v) is 12.6. The van der Waals surface area contributed by atoms with Crippen molar-refractivity contribution in [3.8, 4) is 11.8 Å². The molecule has 1 atom stereocenters. The van der Waals surface area contributed by atoms with Gasteiger partial charge in [0.25, 0.3) is 0 Å². The van der Waals surface area contributed by atoms with Crippen molar-refractivity contribution in [3.05, 3.63) is 29.8 Å². The van der Waals surface area contributed by atoms with Crippen molar-refractivity contribution in [3.63, 3.8) is 0 Å². The fraction of sp³-hybridized carbons (Fsp3) is 0.562. The first-order valence-corrected chi connectivity index (χ1v) is 7.00. The lowest BCUT2D eigenvalue weighted by Crippen LogP contribution is -2.40. The van der Waals surface area contributed by atoms with Crippen molar-refractivity contribution in [2.24, 2.45) is 0 Å². The van der Waals surface area contributed by atoms with E-state index in [4.69, 9.17) is 14.7 Å². The zero-order chi connectivity index (χ0) is 14.8. The monoisotopic (exact) mass is 276 g/mol. The highest BCUT2D eigenvalue weighted by Crippen LogP contribution is 2.16. The summed E-state index contributed by atoms with van der Waals surface area (Å²) in [7, 11) is 1.68. The van der Waals surface area contributed by atoms with Gasteiger partial charge in [0.1, 0.15) is 11.3 Å². The van der Waals surface area contributed by atoms with Crippen LogP contribution in [0.15, 0.2) is 24.3 Å². The fourth-order valence-corrected chi connectivity index (χ4v) is 2.08. The van der Waals surface area contributed by atoms with Crippen LogP contribution < -0.4 is 10.1 Å². The van der Waals surface area contributed by atoms with E-state index in [1.165, 1.54) is 0 Å². The van der Waals surface area contributed by atoms with E-state index in [1.54, 1.807) is 7.11 Å². The molecule has 0 aromatic heterocycles. The lowest BCUT2D eigenvalue weighted by molar-refractivity contribution is 0.184. The van der Waals surface area contributed by atoms with Crippen LogP contribution >= 0.6 is 0 Å². The van der Waals surface area contributed by atoms with E-state index < -0.39 is 5.54 Å². The predicted octanol–water partition coefficient (Wildman–Crippen LogP) is 2.88. The van der Waals surface area contributed by atoms with E-state index in [0.717, 1.165) is 30.7 Å². The topological polar surface area (TPSA) is 54.3 Å². The molecule has 1 aromatic carbocycles. The molecule has 0 aliphatic rings. The molecule has 0 aliphatic carbocycles. The van der Waals surface area contributed by atoms with Crippen molar-refractivity contribution in [2.45, 2.75) is 38.8 Å². The first kappa shape index (κ1) is 16.5. The van der Waals surface area contributed by atoms with Crippen LogP contribution in [0, 0.1) is 11.3 Å². The van der Waals surface area contributed by atoms with E-state index in [0.29, 0.717) is 13.2 Å². The van der Waals surface area contributed by atoms with Gasteiger partial charge in [-0.1, -0.05) is 19.1 Å². The molecule has 0 saturated heterocycles. The molecule has 0 saturated carbocycles. The summed E-state index contributed by atoms with van der Waals surface area (Å²) in [5.74, 6) is 0.849. The molecule has 0 heterocycles. The molecule has 1 aromatic rings. The Hall–Kier alpha value is -1.57. The summed E-state index contributed by atoms with van der Waals surface area (Å²) in [4.78, 5) is 0. The molecule has 0 spiro atoms. The highest BCUT2D eigenvalue weighted by molar-refractivity contribution is 5.28. The number of nitrogens with zero attached hydrogens (tertiary/aromatic N) is 1. The summed E-state index contributed by atoms with van der Waals surface area (Å²) in [5.41, 5.74) is 0.634. The van der Waals surface area contributed by atoms with Gasteiger partial charge in [0, 0.05) is 7.11 Å². The van der Waals surface area contributed by atoms with E-state index in [1.807, 2.05) is 38.1 Å². The second kappa shape index (κ2) is 8.57. The quantitative estimate of drug-likeness (QED) is 0.705. The van der Waals surface area contributed by atoms with Crippen LogP contribution in [0.4, 0.5) is 0 Å². The van der Waals surface area contributed by atoms with Crippen molar-refractivity contribution < 1.29 is 9.47 Å². The first-order chi connectivity index (χ1) is 9.63. The number of ether oxygens (including phenoxy) is 2. The number of methoxy groups -OCH3 is 1. The molecule has 1 N–H and O–H groups in total. The molecule has 20 heavy (non-hydrogen) atoms. The van der Waals surface area contributed by atoms with Gasteiger partial charge < -0.3 is 9.47 Å². The maximum absolute atomic E-state index is 9.16. The second-order valence-electron chi connectivity index (χ2n) is 5.01. The summed E-state index contributed by atoms with van der Waals surface area (Å²) >= 11 is 0. The van der Waals surface area contributed by atoms with Crippen LogP contribution in [0.1, 0.15) is 32.3 Å². The molecule has 0 bridgehead atoms. The van der Waals surface area contributed by atoms with Crippen LogP contribution in [0.2, 0.25) is 0 Å². The highest BCUT2D eigenvalue weighted by Gasteiger charge is 2.21. The van der Waals surface area contributed by atoms with Crippen molar-refractivity contribution in [1.29, 1.82) is 5.26 Å². The number of nitriles is 1. The third-order valence-corrected chi connectivity index (χ3v) is 3.11. The molecule has 110 valence electrons. The molecule has 0 aliphatic heterocycles. The minimum atomic E-state index is -0.462. The first-order valence-electron chi connectivity index (χ1n) is 7.00. The van der Waals surface area contributed by atoms with Gasteiger partial charge in [-0.15, -0.1) is 0 Å². The molecule has 0 amide bonds. The zero-order valence-electron chi connectivity index (χ0n) is 12.6. The largest absolute Gasteiger partial charge is 0.494 e. The third kappa shape index (κ3) is 5.60. The standard InChI is InChI=1S/C16H24N2O2/c1-4-18-16(2,13-17)9-6-10-20-15-8-5-7-14(11-15)12-19-3/h5,7-8,11,18H,4,6,9-10,12H2,1-3H3. The number of nitrogens with one attached hydrogen (secondary N) is 1. The number of benzene rings is 1. The van der Waals surface area contributed by atoms with Gasteiger partial charge >= 0.3 is 0 Å². The Balaban J connectivity index is 2.37. The summed E-state index contributed by atoms with van der Waals surface area (Å²) in [6, 6.07) is 10.2. The van der Waals surface area contributed by atoms with Gasteiger partial charge in [0.05, 0.1) is 19.3 Å². The van der Waals surface area contributed by atoms with Crippen molar-refractivity contribution >= 4 is 0 Å². The maximum Gasteiger partial charge on any atom is 0.119 e. The van der Waals surface area contributed by atoms with Crippen molar-refractivity contribution in [2.75, 3.05) is 20.3 Å². The lowest BCUT2D eigenvalue weighted by atomic mass is 9.98. The molecular weight excluding hydrogens is 252 g/mol. The Morgan fingerprint density at radius 3 is 2.85 bits per heavy atom. The number of rotatable bonds is 9. The number of hydrogen-bond donors (Lipinski definition) is 1. The second-order valence-corrected chi connectivity index (χ2v) is 5.01. The molecule has 0 radical (unpaired) electrons. The predicted molar refractivity (Wildman–Crippen MR) is 79.6 cm³/mol. The highest BCUT2D eigenvalue weighted by atomic mass is 16.5. The van der Waals surface area contributed by atoms with Crippen LogP contribution in [-0.2, 0) is 11.3 Å². The van der Waals surface area contributed by atoms with E-state index in [2.05, 4.69) is 11.4 Å². The van der Waals surface area contributed by atoms with Crippen LogP contribution in [0.5, 0.6) is 5.75 Å². The summed E-state index contributed by atoms with van der Waals surface area (Å²) in [5, 5.41) is 12.4. The van der Waals surface area contributed by atoms with E-state index in [9.17, 15) is 0 Å². The Labute approximate surface area is 121 Å².